The molecule has 0 radical (unpaired) electrons. The second kappa shape index (κ2) is 5.86. The molecule has 2 rings (SSSR count). The maximum atomic E-state index is 12.4. The van der Waals surface area contributed by atoms with Crippen LogP contribution in [0.2, 0.25) is 0 Å². The molecule has 122 valence electrons. The van der Waals surface area contributed by atoms with Crippen LogP contribution in [-0.4, -0.2) is 28.8 Å². The minimum atomic E-state index is -0.306. The lowest BCUT2D eigenvalue weighted by Crippen LogP contribution is -2.46. The quantitative estimate of drug-likeness (QED) is 0.906. The van der Waals surface area contributed by atoms with Crippen LogP contribution in [0.4, 0.5) is 0 Å². The van der Waals surface area contributed by atoms with Gasteiger partial charge < -0.3 is 10.1 Å². The molecule has 0 bridgehead atoms. The number of rotatable bonds is 5. The summed E-state index contributed by atoms with van der Waals surface area (Å²) in [6.07, 6.45) is 3.11. The number of hydrogen-bond acceptors (Lipinski definition) is 4. The van der Waals surface area contributed by atoms with Gasteiger partial charge in [0, 0.05) is 17.5 Å². The number of nitrogens with zero attached hydrogens (tertiary/aromatic N) is 2. The molecule has 5 nitrogen and oxygen atoms in total. The molecule has 0 saturated heterocycles. The molecule has 0 aromatic carbocycles. The van der Waals surface area contributed by atoms with Gasteiger partial charge >= 0.3 is 0 Å². The van der Waals surface area contributed by atoms with Gasteiger partial charge in [-0.1, -0.05) is 20.8 Å². The topological polar surface area (TPSA) is 64.1 Å². The number of carbonyl (C=O) groups excluding carboxylic acids is 1. The molecule has 22 heavy (non-hydrogen) atoms. The molecule has 1 aromatic rings. The zero-order valence-electron chi connectivity index (χ0n) is 14.5. The first-order valence-corrected chi connectivity index (χ1v) is 7.85. The first-order chi connectivity index (χ1) is 10.1. The third-order valence-corrected chi connectivity index (χ3v) is 3.63. The average molecular weight is 305 g/mol. The Kier molecular flexibility index (Phi) is 4.45. The summed E-state index contributed by atoms with van der Waals surface area (Å²) >= 11 is 0. The summed E-state index contributed by atoms with van der Waals surface area (Å²) in [7, 11) is 1.61. The standard InChI is InChI=1S/C17H27N3O2/c1-16(2,3)10-17(4,5)18-15(21)12-9-13(22-6)14(20-19-12)11-7-8-11/h9,11H,7-8,10H2,1-6H3,(H,18,21). The van der Waals surface area contributed by atoms with Crippen LogP contribution in [0.15, 0.2) is 6.07 Å². The summed E-state index contributed by atoms with van der Waals surface area (Å²) in [5.41, 5.74) is 1.01. The minimum absolute atomic E-state index is 0.135. The highest BCUT2D eigenvalue weighted by Gasteiger charge is 2.31. The molecule has 0 spiro atoms. The predicted octanol–water partition coefficient (Wildman–Crippen LogP) is 3.31. The van der Waals surface area contributed by atoms with Gasteiger partial charge in [0.2, 0.25) is 0 Å². The van der Waals surface area contributed by atoms with Gasteiger partial charge in [-0.3, -0.25) is 4.79 Å². The van der Waals surface area contributed by atoms with Crippen LogP contribution in [-0.2, 0) is 0 Å². The summed E-state index contributed by atoms with van der Waals surface area (Å²) in [5, 5.41) is 11.3. The van der Waals surface area contributed by atoms with Crippen molar-refractivity contribution in [2.45, 2.75) is 65.3 Å². The van der Waals surface area contributed by atoms with Gasteiger partial charge in [-0.2, -0.15) is 5.10 Å². The summed E-state index contributed by atoms with van der Waals surface area (Å²) < 4.78 is 5.37. The molecule has 1 fully saturated rings. The van der Waals surface area contributed by atoms with Crippen molar-refractivity contribution < 1.29 is 9.53 Å². The lowest BCUT2D eigenvalue weighted by atomic mass is 9.82. The third kappa shape index (κ3) is 4.42. The normalized spacial score (nSPS) is 15.5. The molecule has 1 amide bonds. The molecule has 1 heterocycles. The van der Waals surface area contributed by atoms with E-state index in [9.17, 15) is 4.79 Å². The van der Waals surface area contributed by atoms with Gasteiger partial charge in [-0.15, -0.1) is 5.10 Å². The number of ether oxygens (including phenoxy) is 1. The number of nitrogens with one attached hydrogen (secondary N) is 1. The van der Waals surface area contributed by atoms with Gasteiger partial charge in [-0.05, 0) is 38.5 Å². The van der Waals surface area contributed by atoms with E-state index >= 15 is 0 Å². The van der Waals surface area contributed by atoms with Crippen molar-refractivity contribution in [3.8, 4) is 5.75 Å². The van der Waals surface area contributed by atoms with Crippen molar-refractivity contribution in [3.63, 3.8) is 0 Å². The van der Waals surface area contributed by atoms with E-state index in [1.165, 1.54) is 0 Å². The van der Waals surface area contributed by atoms with Gasteiger partial charge in [0.1, 0.15) is 11.4 Å². The van der Waals surface area contributed by atoms with Crippen molar-refractivity contribution >= 4 is 5.91 Å². The van der Waals surface area contributed by atoms with Crippen LogP contribution in [0.25, 0.3) is 0 Å². The van der Waals surface area contributed by atoms with E-state index in [-0.39, 0.29) is 16.9 Å². The lowest BCUT2D eigenvalue weighted by Gasteiger charge is -2.33. The highest BCUT2D eigenvalue weighted by atomic mass is 16.5. The van der Waals surface area contributed by atoms with Crippen molar-refractivity contribution in [2.24, 2.45) is 5.41 Å². The highest BCUT2D eigenvalue weighted by molar-refractivity contribution is 5.93. The molecule has 0 aliphatic heterocycles. The summed E-state index contributed by atoms with van der Waals surface area (Å²) in [6, 6.07) is 1.70. The van der Waals surface area contributed by atoms with Crippen molar-refractivity contribution in [3.05, 3.63) is 17.5 Å². The molecule has 1 saturated carbocycles. The van der Waals surface area contributed by atoms with Gasteiger partial charge in [0.05, 0.1) is 7.11 Å². The van der Waals surface area contributed by atoms with Gasteiger partial charge in [0.15, 0.2) is 5.69 Å². The lowest BCUT2D eigenvalue weighted by molar-refractivity contribution is 0.0884. The monoisotopic (exact) mass is 305 g/mol. The number of methoxy groups -OCH3 is 1. The Labute approximate surface area is 132 Å². The molecule has 1 aliphatic rings. The number of hydrogen-bond donors (Lipinski definition) is 1. The number of carbonyl (C=O) groups is 1. The Balaban J connectivity index is 2.12. The average Bonchev–Trinajstić information content (AvgIpc) is 3.18. The maximum absolute atomic E-state index is 12.4. The Morgan fingerprint density at radius 3 is 2.41 bits per heavy atom. The van der Waals surface area contributed by atoms with Crippen LogP contribution < -0.4 is 10.1 Å². The van der Waals surface area contributed by atoms with Crippen LogP contribution >= 0.6 is 0 Å². The Bertz CT molecular complexity index is 558. The van der Waals surface area contributed by atoms with Gasteiger partial charge in [0.25, 0.3) is 5.91 Å². The molecule has 0 unspecified atom stereocenters. The Hall–Kier alpha value is -1.65. The van der Waals surface area contributed by atoms with Crippen molar-refractivity contribution in [2.75, 3.05) is 7.11 Å². The fraction of sp³-hybridized carbons (Fsp3) is 0.706. The minimum Gasteiger partial charge on any atom is -0.495 e. The molecular formula is C17H27N3O2. The third-order valence-electron chi connectivity index (χ3n) is 3.63. The smallest absolute Gasteiger partial charge is 0.272 e. The zero-order chi connectivity index (χ0) is 16.5. The predicted molar refractivity (Wildman–Crippen MR) is 86.2 cm³/mol. The van der Waals surface area contributed by atoms with E-state index in [1.807, 2.05) is 13.8 Å². The second-order valence-electron chi connectivity index (χ2n) is 8.03. The van der Waals surface area contributed by atoms with Crippen LogP contribution in [0.1, 0.15) is 76.0 Å². The van der Waals surface area contributed by atoms with Gasteiger partial charge in [-0.25, -0.2) is 0 Å². The number of aromatic nitrogens is 2. The highest BCUT2D eigenvalue weighted by Crippen LogP contribution is 2.42. The van der Waals surface area contributed by atoms with E-state index in [1.54, 1.807) is 13.2 Å². The first kappa shape index (κ1) is 16.7. The largest absolute Gasteiger partial charge is 0.495 e. The summed E-state index contributed by atoms with van der Waals surface area (Å²) in [4.78, 5) is 12.4. The zero-order valence-corrected chi connectivity index (χ0v) is 14.5. The molecule has 1 aromatic heterocycles. The fourth-order valence-electron chi connectivity index (χ4n) is 3.04. The molecule has 0 atom stereocenters. The summed E-state index contributed by atoms with van der Waals surface area (Å²) in [6.45, 7) is 10.5. The fourth-order valence-corrected chi connectivity index (χ4v) is 3.04. The molecule has 5 heteroatoms. The van der Waals surface area contributed by atoms with E-state index in [0.29, 0.717) is 17.4 Å². The van der Waals surface area contributed by atoms with E-state index in [2.05, 4.69) is 36.3 Å². The van der Waals surface area contributed by atoms with Crippen molar-refractivity contribution in [1.82, 2.24) is 15.5 Å². The number of amides is 1. The van der Waals surface area contributed by atoms with E-state index in [0.717, 1.165) is 25.0 Å². The van der Waals surface area contributed by atoms with Crippen molar-refractivity contribution in [1.29, 1.82) is 0 Å². The maximum Gasteiger partial charge on any atom is 0.272 e. The van der Waals surface area contributed by atoms with E-state index < -0.39 is 0 Å². The molecular weight excluding hydrogens is 278 g/mol. The van der Waals surface area contributed by atoms with Crippen LogP contribution in [0, 0.1) is 5.41 Å². The second-order valence-corrected chi connectivity index (χ2v) is 8.03. The van der Waals surface area contributed by atoms with E-state index in [4.69, 9.17) is 4.74 Å². The summed E-state index contributed by atoms with van der Waals surface area (Å²) in [5.74, 6) is 0.899. The first-order valence-electron chi connectivity index (χ1n) is 7.85. The Morgan fingerprint density at radius 1 is 1.27 bits per heavy atom. The molecule has 1 N–H and O–H groups in total. The molecule has 1 aliphatic carbocycles. The Morgan fingerprint density at radius 2 is 1.91 bits per heavy atom. The SMILES string of the molecule is COc1cc(C(=O)NC(C)(C)CC(C)(C)C)nnc1C1CC1. The van der Waals surface area contributed by atoms with Crippen LogP contribution in [0.3, 0.4) is 0 Å². The van der Waals surface area contributed by atoms with Crippen LogP contribution in [0.5, 0.6) is 5.75 Å².